The fourth-order valence-electron chi connectivity index (χ4n) is 3.58. The molecule has 0 saturated carbocycles. The summed E-state index contributed by atoms with van der Waals surface area (Å²) in [6, 6.07) is 18.5. The number of nitrogens with zero attached hydrogens (tertiary/aromatic N) is 2. The first-order chi connectivity index (χ1) is 14.8. The van der Waals surface area contributed by atoms with E-state index in [1.807, 2.05) is 30.3 Å². The summed E-state index contributed by atoms with van der Waals surface area (Å²) in [7, 11) is 0. The average molecular weight is 418 g/mol. The van der Waals surface area contributed by atoms with Gasteiger partial charge < -0.3 is 10.1 Å². The molecule has 0 unspecified atom stereocenters. The van der Waals surface area contributed by atoms with Crippen molar-refractivity contribution in [3.05, 3.63) is 65.8 Å². The van der Waals surface area contributed by atoms with E-state index in [4.69, 9.17) is 4.74 Å². The third-order valence-corrected chi connectivity index (χ3v) is 6.12. The molecule has 4 aromatic rings. The molecule has 0 bridgehead atoms. The van der Waals surface area contributed by atoms with Crippen molar-refractivity contribution in [2.45, 2.75) is 39.5 Å². The molecule has 0 fully saturated rings. The van der Waals surface area contributed by atoms with Crippen LogP contribution in [-0.4, -0.2) is 16.6 Å². The molecule has 0 saturated heterocycles. The Morgan fingerprint density at radius 1 is 0.933 bits per heavy atom. The Bertz CT molecular complexity index is 1090. The number of nitrogens with one attached hydrogen (secondary N) is 1. The van der Waals surface area contributed by atoms with Gasteiger partial charge >= 0.3 is 0 Å². The van der Waals surface area contributed by atoms with Crippen LogP contribution in [0.2, 0.25) is 0 Å². The second kappa shape index (κ2) is 9.72. The van der Waals surface area contributed by atoms with Gasteiger partial charge in [-0.15, -0.1) is 11.3 Å². The molecule has 30 heavy (non-hydrogen) atoms. The smallest absolute Gasteiger partial charge is 0.143 e. The summed E-state index contributed by atoms with van der Waals surface area (Å²) in [6.45, 7) is 5.14. The average Bonchev–Trinajstić information content (AvgIpc) is 3.12. The quantitative estimate of drug-likeness (QED) is 0.289. The molecule has 2 heterocycles. The lowest BCUT2D eigenvalue weighted by atomic mass is 10.0. The molecule has 1 N–H and O–H groups in total. The number of ether oxygens (including phenoxy) is 1. The Balaban J connectivity index is 1.54. The Hall–Kier alpha value is -2.92. The summed E-state index contributed by atoms with van der Waals surface area (Å²) in [5.74, 6) is 1.73. The Kier molecular flexibility index (Phi) is 6.60. The van der Waals surface area contributed by atoms with Gasteiger partial charge in [0.2, 0.25) is 0 Å². The van der Waals surface area contributed by atoms with Crippen LogP contribution in [0.3, 0.4) is 0 Å². The van der Waals surface area contributed by atoms with Crippen LogP contribution >= 0.6 is 11.3 Å². The number of aromatic nitrogens is 2. The van der Waals surface area contributed by atoms with Gasteiger partial charge in [0.05, 0.1) is 12.0 Å². The lowest BCUT2D eigenvalue weighted by molar-refractivity contribution is 0.305. The minimum Gasteiger partial charge on any atom is -0.494 e. The molecule has 4 rings (SSSR count). The number of hydrogen-bond donors (Lipinski definition) is 1. The fourth-order valence-corrected chi connectivity index (χ4v) is 4.59. The number of anilines is 2. The zero-order valence-electron chi connectivity index (χ0n) is 17.5. The third-order valence-electron chi connectivity index (χ3n) is 5.11. The SMILES string of the molecule is CCCCCCOc1ccc(Nc2ncnc3sc(C)c(-c4ccccc4)c23)cc1. The van der Waals surface area contributed by atoms with E-state index in [1.165, 1.54) is 35.3 Å². The second-order valence-corrected chi connectivity index (χ2v) is 8.56. The highest BCUT2D eigenvalue weighted by molar-refractivity contribution is 7.19. The number of benzene rings is 2. The molecule has 0 spiro atoms. The van der Waals surface area contributed by atoms with Crippen molar-refractivity contribution in [1.29, 1.82) is 0 Å². The van der Waals surface area contributed by atoms with E-state index in [9.17, 15) is 0 Å². The van der Waals surface area contributed by atoms with E-state index in [0.29, 0.717) is 0 Å². The van der Waals surface area contributed by atoms with Crippen LogP contribution in [-0.2, 0) is 0 Å². The number of rotatable bonds is 9. The zero-order valence-corrected chi connectivity index (χ0v) is 18.3. The van der Waals surface area contributed by atoms with Crippen LogP contribution < -0.4 is 10.1 Å². The predicted octanol–water partition coefficient (Wildman–Crippen LogP) is 7.37. The molecule has 0 radical (unpaired) electrons. The van der Waals surface area contributed by atoms with Crippen molar-refractivity contribution in [3.8, 4) is 16.9 Å². The van der Waals surface area contributed by atoms with E-state index in [0.717, 1.165) is 40.5 Å². The van der Waals surface area contributed by atoms with Crippen molar-refractivity contribution in [2.24, 2.45) is 0 Å². The van der Waals surface area contributed by atoms with Crippen LogP contribution in [0.25, 0.3) is 21.3 Å². The van der Waals surface area contributed by atoms with E-state index < -0.39 is 0 Å². The van der Waals surface area contributed by atoms with Gasteiger partial charge in [0.25, 0.3) is 0 Å². The van der Waals surface area contributed by atoms with Crippen molar-refractivity contribution >= 4 is 33.1 Å². The van der Waals surface area contributed by atoms with Crippen LogP contribution in [0, 0.1) is 6.92 Å². The lowest BCUT2D eigenvalue weighted by Crippen LogP contribution is -1.98. The number of thiophene rings is 1. The normalized spacial score (nSPS) is 11.0. The van der Waals surface area contributed by atoms with Crippen LogP contribution in [0.5, 0.6) is 5.75 Å². The van der Waals surface area contributed by atoms with Crippen LogP contribution in [0.1, 0.15) is 37.5 Å². The summed E-state index contributed by atoms with van der Waals surface area (Å²) < 4.78 is 5.86. The number of unbranched alkanes of at least 4 members (excludes halogenated alkanes) is 3. The maximum atomic E-state index is 5.86. The second-order valence-electron chi connectivity index (χ2n) is 7.36. The summed E-state index contributed by atoms with van der Waals surface area (Å²) in [5.41, 5.74) is 3.37. The van der Waals surface area contributed by atoms with Gasteiger partial charge in [0.15, 0.2) is 0 Å². The van der Waals surface area contributed by atoms with Crippen LogP contribution in [0.4, 0.5) is 11.5 Å². The van der Waals surface area contributed by atoms with Gasteiger partial charge in [-0.3, -0.25) is 0 Å². The maximum Gasteiger partial charge on any atom is 0.143 e. The van der Waals surface area contributed by atoms with Gasteiger partial charge in [-0.2, -0.15) is 0 Å². The fraction of sp³-hybridized carbons (Fsp3) is 0.280. The highest BCUT2D eigenvalue weighted by atomic mass is 32.1. The topological polar surface area (TPSA) is 47.0 Å². The van der Waals surface area contributed by atoms with Crippen molar-refractivity contribution < 1.29 is 4.74 Å². The Morgan fingerprint density at radius 3 is 2.50 bits per heavy atom. The molecule has 0 aliphatic rings. The van der Waals surface area contributed by atoms with Crippen LogP contribution in [0.15, 0.2) is 60.9 Å². The first kappa shape index (κ1) is 20.4. The van der Waals surface area contributed by atoms with Gasteiger partial charge in [-0.1, -0.05) is 56.5 Å². The van der Waals surface area contributed by atoms with Gasteiger partial charge in [-0.05, 0) is 43.2 Å². The number of aryl methyl sites for hydroxylation is 1. The molecular formula is C25H27N3OS. The van der Waals surface area contributed by atoms with Crippen molar-refractivity contribution in [1.82, 2.24) is 9.97 Å². The third kappa shape index (κ3) is 4.62. The number of hydrogen-bond acceptors (Lipinski definition) is 5. The standard InChI is InChI=1S/C25H27N3OS/c1-3-4-5-9-16-29-21-14-12-20(13-15-21)28-24-23-22(19-10-7-6-8-11-19)18(2)30-25(23)27-17-26-24/h6-8,10-15,17H,3-5,9,16H2,1-2H3,(H,26,27,28). The molecule has 0 aliphatic heterocycles. The molecule has 0 aliphatic carbocycles. The maximum absolute atomic E-state index is 5.86. The zero-order chi connectivity index (χ0) is 20.8. The molecule has 2 aromatic heterocycles. The summed E-state index contributed by atoms with van der Waals surface area (Å²) in [4.78, 5) is 11.3. The Labute approximate surface area is 182 Å². The highest BCUT2D eigenvalue weighted by Crippen LogP contribution is 2.40. The van der Waals surface area contributed by atoms with Crippen molar-refractivity contribution in [2.75, 3.05) is 11.9 Å². The highest BCUT2D eigenvalue weighted by Gasteiger charge is 2.16. The minimum absolute atomic E-state index is 0.772. The van der Waals surface area contributed by atoms with E-state index in [2.05, 4.69) is 53.4 Å². The molecule has 2 aromatic carbocycles. The molecule has 0 amide bonds. The van der Waals surface area contributed by atoms with Gasteiger partial charge in [0.1, 0.15) is 22.7 Å². The molecular weight excluding hydrogens is 390 g/mol. The van der Waals surface area contributed by atoms with Gasteiger partial charge in [0, 0.05) is 16.1 Å². The summed E-state index contributed by atoms with van der Waals surface area (Å²) >= 11 is 1.70. The molecule has 5 heteroatoms. The molecule has 4 nitrogen and oxygen atoms in total. The van der Waals surface area contributed by atoms with Gasteiger partial charge in [-0.25, -0.2) is 9.97 Å². The van der Waals surface area contributed by atoms with Crippen molar-refractivity contribution in [3.63, 3.8) is 0 Å². The number of fused-ring (bicyclic) bond motifs is 1. The Morgan fingerprint density at radius 2 is 1.73 bits per heavy atom. The first-order valence-electron chi connectivity index (χ1n) is 10.6. The first-order valence-corrected chi connectivity index (χ1v) is 11.4. The summed E-state index contributed by atoms with van der Waals surface area (Å²) in [5, 5.41) is 4.55. The monoisotopic (exact) mass is 417 g/mol. The lowest BCUT2D eigenvalue weighted by Gasteiger charge is -2.10. The summed E-state index contributed by atoms with van der Waals surface area (Å²) in [6.07, 6.45) is 6.47. The molecule has 154 valence electrons. The minimum atomic E-state index is 0.772. The molecule has 0 atom stereocenters. The van der Waals surface area contributed by atoms with E-state index in [-0.39, 0.29) is 0 Å². The van der Waals surface area contributed by atoms with E-state index >= 15 is 0 Å². The van der Waals surface area contributed by atoms with E-state index in [1.54, 1.807) is 17.7 Å². The predicted molar refractivity (Wildman–Crippen MR) is 127 cm³/mol. The largest absolute Gasteiger partial charge is 0.494 e.